The Bertz CT molecular complexity index is 378. The molecule has 2 heteroatoms. The first-order valence-electron chi connectivity index (χ1n) is 8.15. The molecule has 1 saturated heterocycles. The predicted octanol–water partition coefficient (Wildman–Crippen LogP) is 3.84. The Balaban J connectivity index is 1.92. The van der Waals surface area contributed by atoms with Gasteiger partial charge < -0.3 is 5.11 Å². The lowest BCUT2D eigenvalue weighted by Crippen LogP contribution is -2.45. The van der Waals surface area contributed by atoms with Crippen molar-refractivity contribution in [2.75, 3.05) is 19.7 Å². The van der Waals surface area contributed by atoms with Crippen LogP contribution in [-0.2, 0) is 6.54 Å². The Morgan fingerprint density at radius 2 is 2.00 bits per heavy atom. The summed E-state index contributed by atoms with van der Waals surface area (Å²) in [6.07, 6.45) is 7.41. The van der Waals surface area contributed by atoms with E-state index < -0.39 is 0 Å². The maximum absolute atomic E-state index is 9.90. The molecule has 0 aliphatic carbocycles. The third-order valence-corrected chi connectivity index (χ3v) is 4.64. The van der Waals surface area contributed by atoms with Crippen LogP contribution >= 0.6 is 0 Å². The number of rotatable bonds is 7. The third-order valence-electron chi connectivity index (χ3n) is 4.64. The second-order valence-corrected chi connectivity index (χ2v) is 6.42. The molecule has 20 heavy (non-hydrogen) atoms. The fourth-order valence-corrected chi connectivity index (χ4v) is 3.45. The van der Waals surface area contributed by atoms with Crippen LogP contribution in [0.5, 0.6) is 0 Å². The number of hydrogen-bond donors (Lipinski definition) is 1. The molecule has 1 fully saturated rings. The summed E-state index contributed by atoms with van der Waals surface area (Å²) in [4.78, 5) is 2.53. The van der Waals surface area contributed by atoms with Gasteiger partial charge in [-0.1, -0.05) is 56.5 Å². The first-order chi connectivity index (χ1) is 9.78. The van der Waals surface area contributed by atoms with Gasteiger partial charge in [-0.15, -0.1) is 0 Å². The normalized spacial score (nSPS) is 23.9. The molecule has 1 N–H and O–H groups in total. The summed E-state index contributed by atoms with van der Waals surface area (Å²) in [6.45, 7) is 5.85. The highest BCUT2D eigenvalue weighted by molar-refractivity contribution is 5.14. The van der Waals surface area contributed by atoms with Crippen molar-refractivity contribution in [3.8, 4) is 0 Å². The highest BCUT2D eigenvalue weighted by atomic mass is 16.3. The standard InChI is InChI=1S/C18H29NO/c1-2-3-7-11-18(16-20)12-8-13-19(15-18)14-17-9-5-4-6-10-17/h4-6,9-10,20H,2-3,7-8,11-16H2,1H3. The van der Waals surface area contributed by atoms with E-state index in [-0.39, 0.29) is 5.41 Å². The lowest BCUT2D eigenvalue weighted by atomic mass is 9.76. The molecular weight excluding hydrogens is 246 g/mol. The number of unbranched alkanes of at least 4 members (excludes halogenated alkanes) is 2. The van der Waals surface area contributed by atoms with Crippen molar-refractivity contribution in [3.05, 3.63) is 35.9 Å². The average molecular weight is 275 g/mol. The van der Waals surface area contributed by atoms with Crippen molar-refractivity contribution in [1.29, 1.82) is 0 Å². The molecule has 0 radical (unpaired) electrons. The smallest absolute Gasteiger partial charge is 0.0499 e. The summed E-state index contributed by atoms with van der Waals surface area (Å²) in [7, 11) is 0. The molecule has 112 valence electrons. The summed E-state index contributed by atoms with van der Waals surface area (Å²) in [5.41, 5.74) is 1.54. The van der Waals surface area contributed by atoms with Crippen LogP contribution in [0.2, 0.25) is 0 Å². The molecule has 1 unspecified atom stereocenters. The quantitative estimate of drug-likeness (QED) is 0.764. The van der Waals surface area contributed by atoms with Gasteiger partial charge in [-0.2, -0.15) is 0 Å². The van der Waals surface area contributed by atoms with Gasteiger partial charge in [0.2, 0.25) is 0 Å². The molecule has 2 rings (SSSR count). The molecule has 1 heterocycles. The number of likely N-dealkylation sites (tertiary alicyclic amines) is 1. The minimum atomic E-state index is 0.155. The minimum absolute atomic E-state index is 0.155. The SMILES string of the molecule is CCCCCC1(CO)CCCN(Cc2ccccc2)C1. The Morgan fingerprint density at radius 3 is 2.70 bits per heavy atom. The molecular formula is C18H29NO. The molecule has 0 spiro atoms. The minimum Gasteiger partial charge on any atom is -0.396 e. The van der Waals surface area contributed by atoms with Crippen LogP contribution in [-0.4, -0.2) is 29.7 Å². The van der Waals surface area contributed by atoms with Gasteiger partial charge in [-0.3, -0.25) is 4.90 Å². The summed E-state index contributed by atoms with van der Waals surface area (Å²) >= 11 is 0. The Hall–Kier alpha value is -0.860. The predicted molar refractivity (Wildman–Crippen MR) is 84.6 cm³/mol. The zero-order valence-electron chi connectivity index (χ0n) is 12.9. The van der Waals surface area contributed by atoms with Crippen LogP contribution in [0.25, 0.3) is 0 Å². The van der Waals surface area contributed by atoms with Crippen LogP contribution in [0.4, 0.5) is 0 Å². The maximum Gasteiger partial charge on any atom is 0.0499 e. The Kier molecular flexibility index (Phi) is 6.06. The maximum atomic E-state index is 9.90. The van der Waals surface area contributed by atoms with Crippen LogP contribution in [0.1, 0.15) is 51.0 Å². The van der Waals surface area contributed by atoms with Crippen molar-refractivity contribution in [2.24, 2.45) is 5.41 Å². The van der Waals surface area contributed by atoms with Gasteiger partial charge in [-0.25, -0.2) is 0 Å². The van der Waals surface area contributed by atoms with Crippen molar-refractivity contribution in [1.82, 2.24) is 4.90 Å². The number of hydrogen-bond acceptors (Lipinski definition) is 2. The molecule has 1 aromatic carbocycles. The van der Waals surface area contributed by atoms with Gasteiger partial charge in [0.15, 0.2) is 0 Å². The first-order valence-corrected chi connectivity index (χ1v) is 8.15. The van der Waals surface area contributed by atoms with E-state index in [1.54, 1.807) is 0 Å². The van der Waals surface area contributed by atoms with Crippen LogP contribution in [0.3, 0.4) is 0 Å². The second kappa shape index (κ2) is 7.80. The summed E-state index contributed by atoms with van der Waals surface area (Å²) in [5.74, 6) is 0. The fourth-order valence-electron chi connectivity index (χ4n) is 3.45. The van der Waals surface area contributed by atoms with Gasteiger partial charge in [0.25, 0.3) is 0 Å². The largest absolute Gasteiger partial charge is 0.396 e. The molecule has 0 aromatic heterocycles. The zero-order valence-corrected chi connectivity index (χ0v) is 12.9. The van der Waals surface area contributed by atoms with E-state index in [0.717, 1.165) is 13.1 Å². The van der Waals surface area contributed by atoms with Gasteiger partial charge in [0.05, 0.1) is 0 Å². The number of piperidine rings is 1. The summed E-state index contributed by atoms with van der Waals surface area (Å²) in [6, 6.07) is 10.7. The van der Waals surface area contributed by atoms with E-state index in [4.69, 9.17) is 0 Å². The van der Waals surface area contributed by atoms with Crippen molar-refractivity contribution < 1.29 is 5.11 Å². The van der Waals surface area contributed by atoms with Crippen LogP contribution in [0, 0.1) is 5.41 Å². The van der Waals surface area contributed by atoms with E-state index in [1.165, 1.54) is 50.6 Å². The lowest BCUT2D eigenvalue weighted by molar-refractivity contribution is 0.0203. The van der Waals surface area contributed by atoms with E-state index in [2.05, 4.69) is 42.2 Å². The number of nitrogens with zero attached hydrogens (tertiary/aromatic N) is 1. The molecule has 0 saturated carbocycles. The third kappa shape index (κ3) is 4.32. The van der Waals surface area contributed by atoms with E-state index in [9.17, 15) is 5.11 Å². The van der Waals surface area contributed by atoms with E-state index >= 15 is 0 Å². The van der Waals surface area contributed by atoms with Gasteiger partial charge in [0, 0.05) is 25.1 Å². The van der Waals surface area contributed by atoms with Gasteiger partial charge in [-0.05, 0) is 31.4 Å². The second-order valence-electron chi connectivity index (χ2n) is 6.42. The lowest BCUT2D eigenvalue weighted by Gasteiger charge is -2.42. The van der Waals surface area contributed by atoms with Crippen LogP contribution in [0.15, 0.2) is 30.3 Å². The highest BCUT2D eigenvalue weighted by Gasteiger charge is 2.34. The molecule has 1 aliphatic heterocycles. The zero-order chi connectivity index (χ0) is 14.3. The van der Waals surface area contributed by atoms with Gasteiger partial charge in [0.1, 0.15) is 0 Å². The Morgan fingerprint density at radius 1 is 1.20 bits per heavy atom. The fraction of sp³-hybridized carbons (Fsp3) is 0.667. The Labute approximate surface area is 123 Å². The van der Waals surface area contributed by atoms with Crippen LogP contribution < -0.4 is 0 Å². The number of benzene rings is 1. The molecule has 1 aromatic rings. The molecule has 2 nitrogen and oxygen atoms in total. The highest BCUT2D eigenvalue weighted by Crippen LogP contribution is 2.35. The molecule has 0 bridgehead atoms. The molecule has 0 amide bonds. The monoisotopic (exact) mass is 275 g/mol. The molecule has 1 atom stereocenters. The van der Waals surface area contributed by atoms with E-state index in [1.807, 2.05) is 0 Å². The topological polar surface area (TPSA) is 23.5 Å². The van der Waals surface area contributed by atoms with Crippen molar-refractivity contribution in [3.63, 3.8) is 0 Å². The van der Waals surface area contributed by atoms with Crippen molar-refractivity contribution in [2.45, 2.75) is 52.0 Å². The first kappa shape index (κ1) is 15.5. The van der Waals surface area contributed by atoms with E-state index in [0.29, 0.717) is 6.61 Å². The average Bonchev–Trinajstić information content (AvgIpc) is 2.49. The molecule has 1 aliphatic rings. The van der Waals surface area contributed by atoms with Gasteiger partial charge >= 0.3 is 0 Å². The summed E-state index contributed by atoms with van der Waals surface area (Å²) < 4.78 is 0. The number of aliphatic hydroxyl groups is 1. The summed E-state index contributed by atoms with van der Waals surface area (Å²) in [5, 5.41) is 9.90. The number of aliphatic hydroxyl groups excluding tert-OH is 1. The van der Waals surface area contributed by atoms with Crippen molar-refractivity contribution >= 4 is 0 Å².